The lowest BCUT2D eigenvalue weighted by molar-refractivity contribution is 0.393. The summed E-state index contributed by atoms with van der Waals surface area (Å²) in [7, 11) is 3.43. The zero-order valence-electron chi connectivity index (χ0n) is 24.6. The molecule has 0 aliphatic carbocycles. The largest absolute Gasteiger partial charge is 0.496 e. The van der Waals surface area contributed by atoms with Crippen LogP contribution in [0.1, 0.15) is 76.1 Å². The number of hydrogen-bond acceptors (Lipinski definition) is 4. The Morgan fingerprint density at radius 2 is 1.49 bits per heavy atom. The molecule has 0 saturated carbocycles. The molecule has 4 heterocycles. The first-order chi connectivity index (χ1) is 18.9. The fraction of sp³-hybridized carbons (Fsp3) is 0.382. The highest BCUT2D eigenvalue weighted by Crippen LogP contribution is 2.37. The van der Waals surface area contributed by atoms with Crippen LogP contribution in [0.4, 0.5) is 0 Å². The molecule has 0 fully saturated rings. The Balaban J connectivity index is 1.88. The molecule has 5 nitrogen and oxygen atoms in total. The summed E-state index contributed by atoms with van der Waals surface area (Å²) < 4.78 is 11.6. The summed E-state index contributed by atoms with van der Waals surface area (Å²) in [6, 6.07) is 4.26. The summed E-state index contributed by atoms with van der Waals surface area (Å²) >= 11 is 0. The van der Waals surface area contributed by atoms with Crippen molar-refractivity contribution in [1.82, 2.24) is 10.3 Å². The highest BCUT2D eigenvalue weighted by molar-refractivity contribution is 6.23. The van der Waals surface area contributed by atoms with Crippen LogP contribution in [0.3, 0.4) is 0 Å². The monoisotopic (exact) mass is 523 g/mol. The second kappa shape index (κ2) is 10.8. The summed E-state index contributed by atoms with van der Waals surface area (Å²) in [5.41, 5.74) is 13.3. The topological polar surface area (TPSA) is 58.6 Å². The van der Waals surface area contributed by atoms with Crippen molar-refractivity contribution in [2.45, 2.75) is 73.3 Å². The highest BCUT2D eigenvalue weighted by Gasteiger charge is 2.27. The van der Waals surface area contributed by atoms with Gasteiger partial charge in [0.2, 0.25) is 0 Å². The van der Waals surface area contributed by atoms with Gasteiger partial charge in [0.1, 0.15) is 11.5 Å². The number of aromatic amines is 1. The van der Waals surface area contributed by atoms with Crippen LogP contribution in [-0.4, -0.2) is 31.0 Å². The Labute approximate surface area is 232 Å². The van der Waals surface area contributed by atoms with Crippen molar-refractivity contribution in [3.05, 3.63) is 84.8 Å². The van der Waals surface area contributed by atoms with E-state index in [9.17, 15) is 0 Å². The van der Waals surface area contributed by atoms with Crippen LogP contribution in [0.2, 0.25) is 0 Å². The van der Waals surface area contributed by atoms with Crippen LogP contribution in [0, 0.1) is 6.92 Å². The van der Waals surface area contributed by atoms with Crippen molar-refractivity contribution in [3.8, 4) is 11.5 Å². The maximum absolute atomic E-state index is 5.82. The second-order valence-electron chi connectivity index (χ2n) is 10.4. The average molecular weight is 524 g/mol. The number of nitrogens with zero attached hydrogens (tertiary/aromatic N) is 1. The van der Waals surface area contributed by atoms with Crippen molar-refractivity contribution in [2.75, 3.05) is 14.2 Å². The average Bonchev–Trinajstić information content (AvgIpc) is 3.53. The van der Waals surface area contributed by atoms with Crippen molar-refractivity contribution in [1.29, 1.82) is 0 Å². The molecular formula is C34H41N3O2. The van der Waals surface area contributed by atoms with Gasteiger partial charge in [-0.2, -0.15) is 0 Å². The third kappa shape index (κ3) is 4.58. The molecule has 2 aromatic rings. The molecule has 3 aliphatic heterocycles. The van der Waals surface area contributed by atoms with E-state index in [1.807, 2.05) is 6.07 Å². The van der Waals surface area contributed by atoms with Gasteiger partial charge in [0.05, 0.1) is 31.7 Å². The fourth-order valence-corrected chi connectivity index (χ4v) is 6.35. The molecule has 1 aromatic carbocycles. The summed E-state index contributed by atoms with van der Waals surface area (Å²) in [6.07, 6.45) is 12.8. The number of ether oxygens (including phenoxy) is 2. The smallest absolute Gasteiger partial charge is 0.129 e. The van der Waals surface area contributed by atoms with Gasteiger partial charge >= 0.3 is 0 Å². The number of rotatable bonds is 6. The number of hydrogen-bond donors (Lipinski definition) is 2. The molecule has 204 valence electrons. The normalized spacial score (nSPS) is 22.7. The van der Waals surface area contributed by atoms with E-state index in [2.05, 4.69) is 82.2 Å². The third-order valence-corrected chi connectivity index (χ3v) is 8.48. The zero-order chi connectivity index (χ0) is 27.8. The zero-order valence-corrected chi connectivity index (χ0v) is 24.6. The van der Waals surface area contributed by atoms with E-state index in [0.29, 0.717) is 0 Å². The van der Waals surface area contributed by atoms with Crippen molar-refractivity contribution in [3.63, 3.8) is 0 Å². The van der Waals surface area contributed by atoms with E-state index in [0.717, 1.165) is 76.1 Å². The number of allylic oxidation sites excluding steroid dienone is 3. The number of benzene rings is 1. The van der Waals surface area contributed by atoms with Gasteiger partial charge in [-0.1, -0.05) is 27.7 Å². The van der Waals surface area contributed by atoms with Gasteiger partial charge in [0.25, 0.3) is 0 Å². The van der Waals surface area contributed by atoms with E-state index < -0.39 is 0 Å². The van der Waals surface area contributed by atoms with Crippen molar-refractivity contribution in [2.24, 2.45) is 4.99 Å². The molecule has 1 atom stereocenters. The number of aliphatic imine (C=N–C) groups is 1. The maximum Gasteiger partial charge on any atom is 0.129 e. The standard InChI is InChI=1S/C34H41N3O2/c1-9-23-19(5)27-14-21-13-22(34(39-8)18-33(21)38-7)15-28-20(6)24(10-2)30(36-28)17-32-26(12-4)25(11-3)31(37-32)16-29(23)35-27/h13-18,29,35-36H,9-12H2,1-8H3/b27-14-,28-15-,30-17-,31-16-. The van der Waals surface area contributed by atoms with Crippen LogP contribution in [0.5, 0.6) is 11.5 Å². The minimum absolute atomic E-state index is 0.104. The highest BCUT2D eigenvalue weighted by atomic mass is 16.5. The van der Waals surface area contributed by atoms with E-state index in [-0.39, 0.29) is 6.04 Å². The summed E-state index contributed by atoms with van der Waals surface area (Å²) in [5, 5.41) is 6.03. The number of H-pyrrole nitrogens is 1. The lowest BCUT2D eigenvalue weighted by atomic mass is 9.96. The number of methoxy groups -OCH3 is 2. The summed E-state index contributed by atoms with van der Waals surface area (Å²) in [5.74, 6) is 1.57. The van der Waals surface area contributed by atoms with E-state index >= 15 is 0 Å². The number of nitrogens with one attached hydrogen (secondary N) is 2. The summed E-state index contributed by atoms with van der Waals surface area (Å²) in [4.78, 5) is 8.97. The third-order valence-electron chi connectivity index (χ3n) is 8.48. The van der Waals surface area contributed by atoms with Crippen LogP contribution < -0.4 is 25.5 Å². The van der Waals surface area contributed by atoms with Gasteiger partial charge < -0.3 is 19.8 Å². The Morgan fingerprint density at radius 1 is 0.795 bits per heavy atom. The molecule has 5 rings (SSSR count). The SMILES string of the molecule is CCC1=C(CC)/C2=C/C3N/C(=C\c4cc(c(OC)cc4OC)/C=c4\[nH]/c(c(CC)c4C)=C\C1=N2)C(C)=C3CC. The molecule has 0 amide bonds. The quantitative estimate of drug-likeness (QED) is 0.487. The Bertz CT molecular complexity index is 1610. The van der Waals surface area contributed by atoms with Crippen LogP contribution >= 0.6 is 0 Å². The van der Waals surface area contributed by atoms with E-state index in [1.165, 1.54) is 33.4 Å². The minimum Gasteiger partial charge on any atom is -0.496 e. The van der Waals surface area contributed by atoms with Gasteiger partial charge in [0.15, 0.2) is 0 Å². The molecule has 5 heteroatoms. The lowest BCUT2D eigenvalue weighted by Gasteiger charge is -2.14. The first kappa shape index (κ1) is 26.9. The molecule has 2 N–H and O–H groups in total. The molecular weight excluding hydrogens is 482 g/mol. The second-order valence-corrected chi connectivity index (χ2v) is 10.4. The predicted molar refractivity (Wildman–Crippen MR) is 163 cm³/mol. The minimum atomic E-state index is 0.104. The number of aromatic nitrogens is 1. The summed E-state index contributed by atoms with van der Waals surface area (Å²) in [6.45, 7) is 13.4. The van der Waals surface area contributed by atoms with Crippen LogP contribution in [0.25, 0.3) is 18.2 Å². The van der Waals surface area contributed by atoms with Gasteiger partial charge in [-0.05, 0) is 103 Å². The van der Waals surface area contributed by atoms with Gasteiger partial charge in [-0.15, -0.1) is 0 Å². The maximum atomic E-state index is 5.82. The van der Waals surface area contributed by atoms with Crippen LogP contribution in [-0.2, 0) is 6.42 Å². The van der Waals surface area contributed by atoms with Crippen molar-refractivity contribution < 1.29 is 9.47 Å². The predicted octanol–water partition coefficient (Wildman–Crippen LogP) is 6.02. The first-order valence-corrected chi connectivity index (χ1v) is 14.3. The number of fused-ring (bicyclic) bond motifs is 7. The van der Waals surface area contributed by atoms with Gasteiger partial charge in [0, 0.05) is 33.6 Å². The molecule has 0 spiro atoms. The Kier molecular flexibility index (Phi) is 7.44. The Hall–Kier alpha value is -3.73. The lowest BCUT2D eigenvalue weighted by Crippen LogP contribution is -2.22. The van der Waals surface area contributed by atoms with Crippen molar-refractivity contribution >= 4 is 23.9 Å². The molecule has 0 saturated heterocycles. The van der Waals surface area contributed by atoms with E-state index in [1.54, 1.807) is 14.2 Å². The fourth-order valence-electron chi connectivity index (χ4n) is 6.35. The molecule has 8 bridgehead atoms. The van der Waals surface area contributed by atoms with E-state index in [4.69, 9.17) is 14.5 Å². The first-order valence-electron chi connectivity index (χ1n) is 14.3. The molecule has 1 unspecified atom stereocenters. The Morgan fingerprint density at radius 3 is 2.10 bits per heavy atom. The molecule has 3 aliphatic rings. The molecule has 1 aromatic heterocycles. The molecule has 0 radical (unpaired) electrons. The van der Waals surface area contributed by atoms with Gasteiger partial charge in [-0.3, -0.25) is 0 Å². The van der Waals surface area contributed by atoms with Crippen LogP contribution in [0.15, 0.2) is 56.9 Å². The molecule has 39 heavy (non-hydrogen) atoms. The van der Waals surface area contributed by atoms with Gasteiger partial charge in [-0.25, -0.2) is 4.99 Å².